The van der Waals surface area contributed by atoms with E-state index in [1.165, 1.54) is 6.07 Å². The fourth-order valence-electron chi connectivity index (χ4n) is 1.23. The first kappa shape index (κ1) is 9.21. The molecule has 0 bridgehead atoms. The molecular weight excluding hydrogens is 303 g/mol. The molecule has 0 saturated heterocycles. The van der Waals surface area contributed by atoms with Crippen molar-refractivity contribution in [3.05, 3.63) is 34.2 Å². The van der Waals surface area contributed by atoms with Crippen molar-refractivity contribution in [3.63, 3.8) is 0 Å². The van der Waals surface area contributed by atoms with E-state index in [-0.39, 0.29) is 5.82 Å². The summed E-state index contributed by atoms with van der Waals surface area (Å²) in [4.78, 5) is 0. The Balaban J connectivity index is 2.87. The molecule has 13 heavy (non-hydrogen) atoms. The van der Waals surface area contributed by atoms with Gasteiger partial charge in [0.1, 0.15) is 0 Å². The molecule has 0 spiro atoms. The Kier molecular flexibility index (Phi) is 2.43. The maximum Gasteiger partial charge on any atom is 0.170 e. The molecule has 0 amide bonds. The van der Waals surface area contributed by atoms with E-state index in [4.69, 9.17) is 4.42 Å². The van der Waals surface area contributed by atoms with Crippen LogP contribution in [0.4, 0.5) is 4.39 Å². The van der Waals surface area contributed by atoms with E-state index < -0.39 is 0 Å². The van der Waals surface area contributed by atoms with E-state index in [9.17, 15) is 4.39 Å². The lowest BCUT2D eigenvalue weighted by Gasteiger charge is -1.95. The predicted molar refractivity (Wildman–Crippen MR) is 56.5 cm³/mol. The van der Waals surface area contributed by atoms with Crippen LogP contribution in [0.25, 0.3) is 11.0 Å². The van der Waals surface area contributed by atoms with Gasteiger partial charge in [-0.1, -0.05) is 31.9 Å². The highest BCUT2D eigenvalue weighted by Gasteiger charge is 2.11. The van der Waals surface area contributed by atoms with E-state index in [1.54, 1.807) is 12.3 Å². The van der Waals surface area contributed by atoms with Gasteiger partial charge in [-0.15, -0.1) is 0 Å². The first-order valence-corrected chi connectivity index (χ1v) is 5.55. The molecule has 0 saturated carbocycles. The largest absolute Gasteiger partial charge is 0.461 e. The Morgan fingerprint density at radius 1 is 1.38 bits per heavy atom. The summed E-state index contributed by atoms with van der Waals surface area (Å²) in [5.41, 5.74) is 1.25. The van der Waals surface area contributed by atoms with E-state index in [2.05, 4.69) is 31.9 Å². The van der Waals surface area contributed by atoms with Crippen LogP contribution in [0.5, 0.6) is 0 Å². The van der Waals surface area contributed by atoms with Gasteiger partial charge < -0.3 is 4.42 Å². The number of furan rings is 1. The van der Waals surface area contributed by atoms with Gasteiger partial charge >= 0.3 is 0 Å². The molecule has 0 fully saturated rings. The second-order valence-corrected chi connectivity index (χ2v) is 4.04. The van der Waals surface area contributed by atoms with Crippen molar-refractivity contribution in [2.24, 2.45) is 0 Å². The lowest BCUT2D eigenvalue weighted by molar-refractivity contribution is 0.559. The molecule has 0 aliphatic carbocycles. The minimum atomic E-state index is -0.328. The van der Waals surface area contributed by atoms with Crippen LogP contribution in [0, 0.1) is 5.82 Å². The Morgan fingerprint density at radius 3 is 2.85 bits per heavy atom. The summed E-state index contributed by atoms with van der Waals surface area (Å²) in [6.07, 6.45) is 1.56. The second-order valence-electron chi connectivity index (χ2n) is 2.63. The van der Waals surface area contributed by atoms with Crippen molar-refractivity contribution in [2.45, 2.75) is 5.33 Å². The number of alkyl halides is 1. The quantitative estimate of drug-likeness (QED) is 0.719. The minimum Gasteiger partial charge on any atom is -0.461 e. The number of fused-ring (bicyclic) bond motifs is 1. The molecule has 1 heterocycles. The van der Waals surface area contributed by atoms with Gasteiger partial charge in [-0.2, -0.15) is 0 Å². The van der Waals surface area contributed by atoms with Crippen LogP contribution >= 0.6 is 31.9 Å². The molecular formula is C9H5Br2FO. The number of hydrogen-bond acceptors (Lipinski definition) is 1. The van der Waals surface area contributed by atoms with Gasteiger partial charge in [0.25, 0.3) is 0 Å². The van der Waals surface area contributed by atoms with Crippen molar-refractivity contribution >= 4 is 42.8 Å². The van der Waals surface area contributed by atoms with Gasteiger partial charge in [-0.05, 0) is 12.1 Å². The zero-order valence-electron chi connectivity index (χ0n) is 6.48. The maximum atomic E-state index is 13.2. The summed E-state index contributed by atoms with van der Waals surface area (Å²) >= 11 is 6.67. The molecule has 4 heteroatoms. The molecule has 1 nitrogen and oxygen atoms in total. The maximum absolute atomic E-state index is 13.2. The van der Waals surface area contributed by atoms with Crippen LogP contribution in [0.3, 0.4) is 0 Å². The average molecular weight is 308 g/mol. The molecule has 2 rings (SSSR count). The van der Waals surface area contributed by atoms with Crippen LogP contribution in [-0.4, -0.2) is 0 Å². The Bertz CT molecular complexity index is 450. The number of halogens is 3. The Morgan fingerprint density at radius 2 is 2.15 bits per heavy atom. The standard InChI is InChI=1S/C9H5Br2FO/c10-3-5-4-13-9-7(12)2-1-6(11)8(5)9/h1-2,4H,3H2. The fraction of sp³-hybridized carbons (Fsp3) is 0.111. The van der Waals surface area contributed by atoms with Crippen molar-refractivity contribution in [1.29, 1.82) is 0 Å². The van der Waals surface area contributed by atoms with Crippen molar-refractivity contribution in [1.82, 2.24) is 0 Å². The first-order valence-electron chi connectivity index (χ1n) is 3.64. The molecule has 0 unspecified atom stereocenters. The van der Waals surface area contributed by atoms with Crippen LogP contribution in [-0.2, 0) is 5.33 Å². The van der Waals surface area contributed by atoms with Gasteiger partial charge in [0, 0.05) is 20.8 Å². The number of hydrogen-bond donors (Lipinski definition) is 0. The Labute approximate surface area is 91.2 Å². The molecule has 1 aromatic carbocycles. The number of benzene rings is 1. The van der Waals surface area contributed by atoms with E-state index in [0.717, 1.165) is 15.4 Å². The Hall–Kier alpha value is -0.350. The molecule has 1 aromatic heterocycles. The van der Waals surface area contributed by atoms with Gasteiger partial charge in [0.2, 0.25) is 0 Å². The molecule has 0 aliphatic rings. The van der Waals surface area contributed by atoms with Gasteiger partial charge in [-0.25, -0.2) is 4.39 Å². The van der Waals surface area contributed by atoms with E-state index in [1.807, 2.05) is 0 Å². The molecule has 68 valence electrons. The lowest BCUT2D eigenvalue weighted by Crippen LogP contribution is -1.78. The third-order valence-electron chi connectivity index (χ3n) is 1.84. The monoisotopic (exact) mass is 306 g/mol. The molecule has 0 radical (unpaired) electrons. The summed E-state index contributed by atoms with van der Waals surface area (Å²) in [6, 6.07) is 3.06. The highest BCUT2D eigenvalue weighted by atomic mass is 79.9. The number of rotatable bonds is 1. The van der Waals surface area contributed by atoms with Crippen molar-refractivity contribution in [3.8, 4) is 0 Å². The van der Waals surface area contributed by atoms with E-state index in [0.29, 0.717) is 10.9 Å². The molecule has 2 aromatic rings. The topological polar surface area (TPSA) is 13.1 Å². The highest BCUT2D eigenvalue weighted by Crippen LogP contribution is 2.31. The average Bonchev–Trinajstić information content (AvgIpc) is 2.56. The fourth-order valence-corrected chi connectivity index (χ4v) is 2.21. The summed E-state index contributed by atoms with van der Waals surface area (Å²) in [7, 11) is 0. The zero-order chi connectivity index (χ0) is 9.42. The van der Waals surface area contributed by atoms with Gasteiger partial charge in [0.05, 0.1) is 6.26 Å². The normalized spacial score (nSPS) is 11.0. The molecule has 0 N–H and O–H groups in total. The van der Waals surface area contributed by atoms with Gasteiger partial charge in [-0.3, -0.25) is 0 Å². The third kappa shape index (κ3) is 1.42. The predicted octanol–water partition coefficient (Wildman–Crippen LogP) is 4.23. The van der Waals surface area contributed by atoms with Crippen molar-refractivity contribution in [2.75, 3.05) is 0 Å². The van der Waals surface area contributed by atoms with Crippen molar-refractivity contribution < 1.29 is 8.81 Å². The highest BCUT2D eigenvalue weighted by molar-refractivity contribution is 9.10. The smallest absolute Gasteiger partial charge is 0.170 e. The molecule has 0 atom stereocenters. The van der Waals surface area contributed by atoms with Gasteiger partial charge in [0.15, 0.2) is 11.4 Å². The van der Waals surface area contributed by atoms with Crippen LogP contribution in [0.15, 0.2) is 27.3 Å². The summed E-state index contributed by atoms with van der Waals surface area (Å²) in [5, 5.41) is 1.46. The SMILES string of the molecule is Fc1ccc(Br)c2c(CBr)coc12. The molecule has 0 aliphatic heterocycles. The minimum absolute atomic E-state index is 0.309. The summed E-state index contributed by atoms with van der Waals surface area (Å²) in [5.74, 6) is -0.328. The first-order chi connectivity index (χ1) is 6.24. The summed E-state index contributed by atoms with van der Waals surface area (Å²) in [6.45, 7) is 0. The second kappa shape index (κ2) is 3.42. The zero-order valence-corrected chi connectivity index (χ0v) is 9.65. The third-order valence-corrected chi connectivity index (χ3v) is 3.11. The lowest BCUT2D eigenvalue weighted by atomic mass is 10.2. The van der Waals surface area contributed by atoms with E-state index >= 15 is 0 Å². The van der Waals surface area contributed by atoms with Crippen LogP contribution in [0.1, 0.15) is 5.56 Å². The van der Waals surface area contributed by atoms with Crippen LogP contribution < -0.4 is 0 Å². The van der Waals surface area contributed by atoms with Crippen LogP contribution in [0.2, 0.25) is 0 Å². The summed E-state index contributed by atoms with van der Waals surface area (Å²) < 4.78 is 19.2.